The van der Waals surface area contributed by atoms with E-state index in [0.717, 1.165) is 22.1 Å². The highest BCUT2D eigenvalue weighted by Gasteiger charge is 2.10. The number of carbonyl (C=O) groups is 1. The van der Waals surface area contributed by atoms with Crippen molar-refractivity contribution in [2.24, 2.45) is 5.10 Å². The van der Waals surface area contributed by atoms with E-state index in [1.54, 1.807) is 24.4 Å². The van der Waals surface area contributed by atoms with E-state index in [4.69, 9.17) is 4.74 Å². The second kappa shape index (κ2) is 10.9. The molecule has 0 fully saturated rings. The van der Waals surface area contributed by atoms with Gasteiger partial charge in [0.25, 0.3) is 11.5 Å². The molecule has 1 N–H and O–H groups in total. The maximum absolute atomic E-state index is 13.1. The Balaban J connectivity index is 1.46. The monoisotopic (exact) mass is 518 g/mol. The molecule has 0 saturated carbocycles. The molecule has 1 amide bonds. The summed E-state index contributed by atoms with van der Waals surface area (Å²) < 4.78 is 7.73. The normalized spacial score (nSPS) is 11.1. The molecule has 8 heteroatoms. The second-order valence-corrected chi connectivity index (χ2v) is 8.49. The third-order valence-corrected chi connectivity index (χ3v) is 5.47. The Hall–Kier alpha value is -3.78. The van der Waals surface area contributed by atoms with Gasteiger partial charge in [0.2, 0.25) is 0 Å². The number of benzene rings is 3. The molecule has 172 valence electrons. The first-order valence-corrected chi connectivity index (χ1v) is 11.7. The van der Waals surface area contributed by atoms with Gasteiger partial charge >= 0.3 is 0 Å². The molecule has 7 nitrogen and oxygen atoms in total. The Morgan fingerprint density at radius 1 is 1.12 bits per heavy atom. The van der Waals surface area contributed by atoms with Gasteiger partial charge in [-0.1, -0.05) is 41.1 Å². The number of aromatic nitrogens is 2. The average molecular weight is 519 g/mol. The Morgan fingerprint density at radius 3 is 2.62 bits per heavy atom. The standard InChI is InChI=1S/C26H23BrN4O3/c1-2-6-24-30-23-14-11-19(27)15-22(23)26(33)31(24)28-16-18-9-12-21(13-10-18)34-17-25(32)29-20-7-4-3-5-8-20/h3-5,7-16H,2,6,17H2,1H3,(H,29,32). The molecular formula is C26H23BrN4O3. The van der Waals surface area contributed by atoms with Crippen LogP contribution in [0.1, 0.15) is 24.7 Å². The summed E-state index contributed by atoms with van der Waals surface area (Å²) in [6.45, 7) is 1.93. The fraction of sp³-hybridized carbons (Fsp3) is 0.154. The van der Waals surface area contributed by atoms with Crippen molar-refractivity contribution in [2.75, 3.05) is 11.9 Å². The Labute approximate surface area is 205 Å². The minimum atomic E-state index is -0.241. The van der Waals surface area contributed by atoms with Gasteiger partial charge in [-0.15, -0.1) is 0 Å². The lowest BCUT2D eigenvalue weighted by Crippen LogP contribution is -2.22. The van der Waals surface area contributed by atoms with E-state index in [1.165, 1.54) is 4.68 Å². The molecule has 0 bridgehead atoms. The molecule has 0 aliphatic rings. The van der Waals surface area contributed by atoms with Crippen LogP contribution in [0.15, 0.2) is 87.2 Å². The van der Waals surface area contributed by atoms with Crippen molar-refractivity contribution in [1.29, 1.82) is 0 Å². The number of ether oxygens (including phenoxy) is 1. The number of nitrogens with one attached hydrogen (secondary N) is 1. The summed E-state index contributed by atoms with van der Waals surface area (Å²) >= 11 is 3.41. The van der Waals surface area contributed by atoms with Crippen molar-refractivity contribution in [3.8, 4) is 5.75 Å². The minimum absolute atomic E-state index is 0.101. The highest BCUT2D eigenvalue weighted by Crippen LogP contribution is 2.17. The van der Waals surface area contributed by atoms with Crippen molar-refractivity contribution >= 4 is 44.6 Å². The van der Waals surface area contributed by atoms with Crippen LogP contribution < -0.4 is 15.6 Å². The number of hydrogen-bond donors (Lipinski definition) is 1. The van der Waals surface area contributed by atoms with Gasteiger partial charge in [-0.2, -0.15) is 9.78 Å². The van der Waals surface area contributed by atoms with Crippen LogP contribution in [0.4, 0.5) is 5.69 Å². The summed E-state index contributed by atoms with van der Waals surface area (Å²) in [5.74, 6) is 0.930. The number of aryl methyl sites for hydroxylation is 1. The third kappa shape index (κ3) is 5.77. The Kier molecular flexibility index (Phi) is 7.49. The molecule has 0 atom stereocenters. The van der Waals surface area contributed by atoms with E-state index in [2.05, 4.69) is 31.3 Å². The predicted molar refractivity (Wildman–Crippen MR) is 138 cm³/mol. The number of halogens is 1. The van der Waals surface area contributed by atoms with E-state index >= 15 is 0 Å². The third-order valence-electron chi connectivity index (χ3n) is 4.98. The first-order valence-electron chi connectivity index (χ1n) is 10.9. The minimum Gasteiger partial charge on any atom is -0.484 e. The predicted octanol–water partition coefficient (Wildman–Crippen LogP) is 5.01. The number of fused-ring (bicyclic) bond motifs is 1. The van der Waals surface area contributed by atoms with Crippen LogP contribution in [0.25, 0.3) is 10.9 Å². The lowest BCUT2D eigenvalue weighted by molar-refractivity contribution is -0.118. The van der Waals surface area contributed by atoms with Crippen LogP contribution in [0.2, 0.25) is 0 Å². The van der Waals surface area contributed by atoms with E-state index in [1.807, 2.05) is 61.5 Å². The summed E-state index contributed by atoms with van der Waals surface area (Å²) in [4.78, 5) is 29.7. The number of carbonyl (C=O) groups excluding carboxylic acids is 1. The number of amides is 1. The molecular weight excluding hydrogens is 496 g/mol. The van der Waals surface area contributed by atoms with Gasteiger partial charge in [-0.05, 0) is 66.6 Å². The van der Waals surface area contributed by atoms with Crippen LogP contribution in [0.5, 0.6) is 5.75 Å². The second-order valence-electron chi connectivity index (χ2n) is 7.57. The van der Waals surface area contributed by atoms with Crippen molar-refractivity contribution in [1.82, 2.24) is 9.66 Å². The lowest BCUT2D eigenvalue weighted by Gasteiger charge is -2.09. The quantitative estimate of drug-likeness (QED) is 0.332. The molecule has 4 rings (SSSR count). The number of hydrogen-bond acceptors (Lipinski definition) is 5. The average Bonchev–Trinajstić information content (AvgIpc) is 2.84. The summed E-state index contributed by atoms with van der Waals surface area (Å²) in [5.41, 5.74) is 1.94. The molecule has 0 saturated heterocycles. The zero-order chi connectivity index (χ0) is 23.9. The summed E-state index contributed by atoms with van der Waals surface area (Å²) in [6, 6.07) is 21.8. The largest absolute Gasteiger partial charge is 0.484 e. The van der Waals surface area contributed by atoms with Gasteiger partial charge in [-0.25, -0.2) is 4.98 Å². The molecule has 3 aromatic carbocycles. The molecule has 4 aromatic rings. The first-order chi connectivity index (χ1) is 16.5. The smallest absolute Gasteiger partial charge is 0.282 e. The highest BCUT2D eigenvalue weighted by molar-refractivity contribution is 9.10. The van der Waals surface area contributed by atoms with Crippen molar-refractivity contribution in [3.63, 3.8) is 0 Å². The molecule has 1 aromatic heterocycles. The molecule has 0 radical (unpaired) electrons. The van der Waals surface area contributed by atoms with E-state index < -0.39 is 0 Å². The van der Waals surface area contributed by atoms with Gasteiger partial charge in [0.05, 0.1) is 17.1 Å². The van der Waals surface area contributed by atoms with Gasteiger partial charge in [-0.3, -0.25) is 9.59 Å². The van der Waals surface area contributed by atoms with E-state index in [-0.39, 0.29) is 18.1 Å². The van der Waals surface area contributed by atoms with Gasteiger partial charge in [0.1, 0.15) is 11.6 Å². The summed E-state index contributed by atoms with van der Waals surface area (Å²) in [5, 5.41) is 7.70. The van der Waals surface area contributed by atoms with Crippen molar-refractivity contribution in [3.05, 3.63) is 99.0 Å². The molecule has 0 aliphatic heterocycles. The Bertz CT molecular complexity index is 1380. The van der Waals surface area contributed by atoms with Crippen LogP contribution in [-0.2, 0) is 11.2 Å². The van der Waals surface area contributed by atoms with Crippen LogP contribution in [-0.4, -0.2) is 28.4 Å². The topological polar surface area (TPSA) is 85.6 Å². The first kappa shape index (κ1) is 23.4. The fourth-order valence-corrected chi connectivity index (χ4v) is 3.70. The molecule has 0 aliphatic carbocycles. The molecule has 34 heavy (non-hydrogen) atoms. The number of para-hydroxylation sites is 1. The van der Waals surface area contributed by atoms with E-state index in [0.29, 0.717) is 28.9 Å². The van der Waals surface area contributed by atoms with Crippen molar-refractivity contribution in [2.45, 2.75) is 19.8 Å². The maximum atomic E-state index is 13.1. The highest BCUT2D eigenvalue weighted by atomic mass is 79.9. The van der Waals surface area contributed by atoms with Crippen molar-refractivity contribution < 1.29 is 9.53 Å². The van der Waals surface area contributed by atoms with Crippen LogP contribution >= 0.6 is 15.9 Å². The van der Waals surface area contributed by atoms with Gasteiger partial charge in [0.15, 0.2) is 6.61 Å². The fourth-order valence-electron chi connectivity index (χ4n) is 3.34. The van der Waals surface area contributed by atoms with Crippen LogP contribution in [0.3, 0.4) is 0 Å². The number of rotatable bonds is 8. The molecule has 0 spiro atoms. The molecule has 1 heterocycles. The Morgan fingerprint density at radius 2 is 1.88 bits per heavy atom. The number of nitrogens with zero attached hydrogens (tertiary/aromatic N) is 3. The van der Waals surface area contributed by atoms with Gasteiger partial charge in [0, 0.05) is 16.6 Å². The summed E-state index contributed by atoms with van der Waals surface area (Å²) in [7, 11) is 0. The maximum Gasteiger partial charge on any atom is 0.282 e. The van der Waals surface area contributed by atoms with E-state index in [9.17, 15) is 9.59 Å². The zero-order valence-corrected chi connectivity index (χ0v) is 20.2. The zero-order valence-electron chi connectivity index (χ0n) is 18.6. The van der Waals surface area contributed by atoms with Crippen LogP contribution in [0, 0.1) is 0 Å². The summed E-state index contributed by atoms with van der Waals surface area (Å²) in [6.07, 6.45) is 3.09. The SMILES string of the molecule is CCCc1nc2ccc(Br)cc2c(=O)n1N=Cc1ccc(OCC(=O)Nc2ccccc2)cc1. The lowest BCUT2D eigenvalue weighted by atomic mass is 10.2. The molecule has 0 unspecified atom stereocenters. The number of anilines is 1. The van der Waals surface area contributed by atoms with Gasteiger partial charge < -0.3 is 10.1 Å².